The number of piperidine rings is 1. The monoisotopic (exact) mass is 403 g/mol. The minimum Gasteiger partial charge on any atom is -0.382 e. The van der Waals surface area contributed by atoms with Crippen LogP contribution in [0.5, 0.6) is 0 Å². The molecule has 4 rings (SSSR count). The van der Waals surface area contributed by atoms with Crippen LogP contribution in [-0.2, 0) is 11.3 Å². The minimum absolute atomic E-state index is 0.0922. The smallest absolute Gasteiger partial charge is 0.229 e. The van der Waals surface area contributed by atoms with Crippen molar-refractivity contribution in [2.75, 3.05) is 11.4 Å². The summed E-state index contributed by atoms with van der Waals surface area (Å²) in [5.74, 6) is 0.310. The Morgan fingerprint density at radius 1 is 1.17 bits per heavy atom. The van der Waals surface area contributed by atoms with E-state index in [0.717, 1.165) is 53.0 Å². The lowest BCUT2D eigenvalue weighted by molar-refractivity contribution is -0.123. The number of rotatable bonds is 5. The number of anilines is 1. The molecule has 0 aliphatic carbocycles. The van der Waals surface area contributed by atoms with Crippen LogP contribution in [0.3, 0.4) is 0 Å². The molecule has 1 N–H and O–H groups in total. The zero-order valence-electron chi connectivity index (χ0n) is 17.9. The van der Waals surface area contributed by atoms with Crippen molar-refractivity contribution in [1.82, 2.24) is 9.55 Å². The molecule has 2 unspecified atom stereocenters. The second-order valence-corrected chi connectivity index (χ2v) is 8.41. The molecule has 5 heteroatoms. The molecule has 1 amide bonds. The summed E-state index contributed by atoms with van der Waals surface area (Å²) in [6.07, 6.45) is 4.77. The molecule has 0 bridgehead atoms. The molecule has 1 fully saturated rings. The zero-order valence-corrected chi connectivity index (χ0v) is 17.9. The van der Waals surface area contributed by atoms with E-state index in [-0.39, 0.29) is 11.8 Å². The number of nitrogens with zero attached hydrogens (tertiary/aromatic N) is 3. The second-order valence-electron chi connectivity index (χ2n) is 8.41. The SMILES string of the molecule is Cc1ccc(C(O)c2cncn2Cc2ccc(N3CCCC(C)C3=O)c(C)c2)cc1. The molecule has 1 saturated heterocycles. The summed E-state index contributed by atoms with van der Waals surface area (Å²) in [4.78, 5) is 18.8. The van der Waals surface area contributed by atoms with Gasteiger partial charge in [-0.25, -0.2) is 4.98 Å². The maximum atomic E-state index is 12.6. The van der Waals surface area contributed by atoms with E-state index < -0.39 is 6.10 Å². The van der Waals surface area contributed by atoms with E-state index >= 15 is 0 Å². The molecule has 0 saturated carbocycles. The van der Waals surface area contributed by atoms with Crippen LogP contribution in [0, 0.1) is 19.8 Å². The van der Waals surface area contributed by atoms with Crippen LogP contribution in [0.1, 0.15) is 53.8 Å². The van der Waals surface area contributed by atoms with Gasteiger partial charge in [0, 0.05) is 24.7 Å². The lowest BCUT2D eigenvalue weighted by Gasteiger charge is -2.32. The van der Waals surface area contributed by atoms with E-state index in [0.29, 0.717) is 6.54 Å². The van der Waals surface area contributed by atoms with E-state index in [2.05, 4.69) is 24.0 Å². The van der Waals surface area contributed by atoms with Crippen LogP contribution in [0.15, 0.2) is 55.0 Å². The summed E-state index contributed by atoms with van der Waals surface area (Å²) in [5.41, 5.74) is 5.99. The van der Waals surface area contributed by atoms with Gasteiger partial charge in [0.05, 0.1) is 18.2 Å². The highest BCUT2D eigenvalue weighted by atomic mass is 16.3. The molecule has 1 aliphatic heterocycles. The standard InChI is InChI=1S/C25H29N3O2/c1-17-6-9-21(10-7-17)24(29)23-14-26-16-27(23)15-20-8-11-22(19(3)13-20)28-12-4-5-18(2)25(28)30/h6-11,13-14,16,18,24,29H,4-5,12,15H2,1-3H3. The first-order chi connectivity index (χ1) is 14.4. The number of imidazole rings is 1. The Balaban J connectivity index is 1.54. The number of benzene rings is 2. The summed E-state index contributed by atoms with van der Waals surface area (Å²) in [6.45, 7) is 7.51. The van der Waals surface area contributed by atoms with Gasteiger partial charge >= 0.3 is 0 Å². The molecule has 2 heterocycles. The number of amides is 1. The number of hydrogen-bond acceptors (Lipinski definition) is 3. The van der Waals surface area contributed by atoms with Gasteiger partial charge in [0.15, 0.2) is 0 Å². The lowest BCUT2D eigenvalue weighted by Crippen LogP contribution is -2.40. The number of aromatic nitrogens is 2. The first-order valence-electron chi connectivity index (χ1n) is 10.6. The fourth-order valence-corrected chi connectivity index (χ4v) is 4.22. The molecule has 30 heavy (non-hydrogen) atoms. The Hall–Kier alpha value is -2.92. The lowest BCUT2D eigenvalue weighted by atomic mass is 9.97. The fourth-order valence-electron chi connectivity index (χ4n) is 4.22. The Bertz CT molecular complexity index is 1040. The third-order valence-electron chi connectivity index (χ3n) is 6.03. The van der Waals surface area contributed by atoms with Crippen LogP contribution in [0.2, 0.25) is 0 Å². The number of hydrogen-bond donors (Lipinski definition) is 1. The zero-order chi connectivity index (χ0) is 21.3. The highest BCUT2D eigenvalue weighted by Crippen LogP contribution is 2.28. The molecule has 1 aromatic heterocycles. The molecule has 156 valence electrons. The second kappa shape index (κ2) is 8.44. The summed E-state index contributed by atoms with van der Waals surface area (Å²) in [7, 11) is 0. The molecular weight excluding hydrogens is 374 g/mol. The number of aliphatic hydroxyl groups is 1. The summed E-state index contributed by atoms with van der Waals surface area (Å²) in [5, 5.41) is 10.8. The minimum atomic E-state index is -0.721. The predicted octanol–water partition coefficient (Wildman–Crippen LogP) is 4.39. The molecular formula is C25H29N3O2. The molecule has 3 aromatic rings. The van der Waals surface area contributed by atoms with Crippen LogP contribution >= 0.6 is 0 Å². The van der Waals surface area contributed by atoms with Crippen molar-refractivity contribution in [3.05, 3.63) is 82.9 Å². The van der Waals surface area contributed by atoms with Gasteiger partial charge in [0.1, 0.15) is 6.10 Å². The van der Waals surface area contributed by atoms with Gasteiger partial charge in [-0.05, 0) is 49.4 Å². The van der Waals surface area contributed by atoms with Gasteiger partial charge in [-0.2, -0.15) is 0 Å². The van der Waals surface area contributed by atoms with Gasteiger partial charge in [-0.15, -0.1) is 0 Å². The third-order valence-corrected chi connectivity index (χ3v) is 6.03. The van der Waals surface area contributed by atoms with E-state index in [4.69, 9.17) is 0 Å². The van der Waals surface area contributed by atoms with Crippen molar-refractivity contribution in [2.45, 2.75) is 46.3 Å². The Morgan fingerprint density at radius 3 is 2.67 bits per heavy atom. The van der Waals surface area contributed by atoms with Crippen LogP contribution in [0.4, 0.5) is 5.69 Å². The maximum absolute atomic E-state index is 12.6. The maximum Gasteiger partial charge on any atom is 0.229 e. The molecule has 0 radical (unpaired) electrons. The van der Waals surface area contributed by atoms with Gasteiger partial charge in [-0.3, -0.25) is 4.79 Å². The average Bonchev–Trinajstić information content (AvgIpc) is 3.19. The van der Waals surface area contributed by atoms with Crippen molar-refractivity contribution >= 4 is 11.6 Å². The van der Waals surface area contributed by atoms with E-state index in [1.807, 2.05) is 53.6 Å². The largest absolute Gasteiger partial charge is 0.382 e. The Kier molecular flexibility index (Phi) is 5.73. The van der Waals surface area contributed by atoms with Crippen molar-refractivity contribution in [2.24, 2.45) is 5.92 Å². The summed E-state index contributed by atoms with van der Waals surface area (Å²) >= 11 is 0. The summed E-state index contributed by atoms with van der Waals surface area (Å²) < 4.78 is 1.98. The third kappa shape index (κ3) is 4.03. The number of aryl methyl sites for hydroxylation is 2. The Morgan fingerprint density at radius 2 is 1.93 bits per heavy atom. The van der Waals surface area contributed by atoms with Crippen molar-refractivity contribution < 1.29 is 9.90 Å². The van der Waals surface area contributed by atoms with E-state index in [1.165, 1.54) is 0 Å². The molecule has 2 aromatic carbocycles. The number of aliphatic hydroxyl groups excluding tert-OH is 1. The number of carbonyl (C=O) groups excluding carboxylic acids is 1. The average molecular weight is 404 g/mol. The van der Waals surface area contributed by atoms with E-state index in [1.54, 1.807) is 12.5 Å². The molecule has 5 nitrogen and oxygen atoms in total. The van der Waals surface area contributed by atoms with Gasteiger partial charge in [-0.1, -0.05) is 48.9 Å². The van der Waals surface area contributed by atoms with Crippen molar-refractivity contribution in [3.63, 3.8) is 0 Å². The van der Waals surface area contributed by atoms with Gasteiger partial charge in [0.2, 0.25) is 5.91 Å². The summed E-state index contributed by atoms with van der Waals surface area (Å²) in [6, 6.07) is 14.2. The first-order valence-corrected chi connectivity index (χ1v) is 10.6. The normalized spacial score (nSPS) is 17.9. The van der Waals surface area contributed by atoms with Gasteiger partial charge < -0.3 is 14.6 Å². The number of carbonyl (C=O) groups is 1. The quantitative estimate of drug-likeness (QED) is 0.687. The van der Waals surface area contributed by atoms with Crippen molar-refractivity contribution in [1.29, 1.82) is 0 Å². The predicted molar refractivity (Wildman–Crippen MR) is 118 cm³/mol. The molecule has 1 aliphatic rings. The highest BCUT2D eigenvalue weighted by Gasteiger charge is 2.27. The molecule has 0 spiro atoms. The highest BCUT2D eigenvalue weighted by molar-refractivity contribution is 5.96. The first kappa shape index (κ1) is 20.4. The van der Waals surface area contributed by atoms with E-state index in [9.17, 15) is 9.90 Å². The fraction of sp³-hybridized carbons (Fsp3) is 0.360. The van der Waals surface area contributed by atoms with Crippen LogP contribution < -0.4 is 4.90 Å². The van der Waals surface area contributed by atoms with Crippen molar-refractivity contribution in [3.8, 4) is 0 Å². The molecule has 2 atom stereocenters. The van der Waals surface area contributed by atoms with Crippen LogP contribution in [-0.4, -0.2) is 27.1 Å². The Labute approximate surface area is 178 Å². The van der Waals surface area contributed by atoms with Gasteiger partial charge in [0.25, 0.3) is 0 Å². The van der Waals surface area contributed by atoms with Crippen LogP contribution in [0.25, 0.3) is 0 Å². The topological polar surface area (TPSA) is 58.4 Å².